The molecule has 9 heteroatoms. The van der Waals surface area contributed by atoms with Crippen molar-refractivity contribution in [2.45, 2.75) is 39.5 Å². The van der Waals surface area contributed by atoms with Crippen molar-refractivity contribution in [3.63, 3.8) is 0 Å². The minimum absolute atomic E-state index is 0.0642. The minimum Gasteiger partial charge on any atom is -0.480 e. The molecular formula is C25H30ClN5O3. The third-order valence-electron chi connectivity index (χ3n) is 6.27. The van der Waals surface area contributed by atoms with Gasteiger partial charge in [-0.2, -0.15) is 4.98 Å². The van der Waals surface area contributed by atoms with Gasteiger partial charge in [0.25, 0.3) is 5.56 Å². The number of ether oxygens (including phenoxy) is 1. The summed E-state index contributed by atoms with van der Waals surface area (Å²) >= 11 is 6.41. The van der Waals surface area contributed by atoms with Crippen molar-refractivity contribution in [3.8, 4) is 5.75 Å². The van der Waals surface area contributed by atoms with Crippen LogP contribution in [0.15, 0.2) is 35.3 Å². The summed E-state index contributed by atoms with van der Waals surface area (Å²) in [6.45, 7) is 5.78. The molecule has 2 aromatic heterocycles. The number of hydrogen-bond acceptors (Lipinski definition) is 7. The number of nitrogens with zero attached hydrogens (tertiary/aromatic N) is 4. The monoisotopic (exact) mass is 483 g/mol. The highest BCUT2D eigenvalue weighted by molar-refractivity contribution is 6.32. The van der Waals surface area contributed by atoms with Gasteiger partial charge in [0.05, 0.1) is 11.7 Å². The molecule has 0 saturated carbocycles. The standard InChI is InChI=1S/C25H30ClN5O3/c1-4-19(32)15-34-22-13-17-12-18(7-8-21(17)30(3)24(22)33)28-23-20(26)14-27-25(29-23)31-10-5-6-16(2)9-11-31/h7-8,12-14,16H,4-6,9-11,15H2,1-3H3,(H,27,28,29)/t16-/m0/s1. The van der Waals surface area contributed by atoms with Gasteiger partial charge < -0.3 is 19.5 Å². The highest BCUT2D eigenvalue weighted by Gasteiger charge is 2.18. The van der Waals surface area contributed by atoms with Gasteiger partial charge in [-0.05, 0) is 49.4 Å². The zero-order valence-corrected chi connectivity index (χ0v) is 20.6. The molecule has 1 aliphatic heterocycles. The number of halogens is 1. The topological polar surface area (TPSA) is 89.3 Å². The molecule has 8 nitrogen and oxygen atoms in total. The molecule has 1 aromatic carbocycles. The van der Waals surface area contributed by atoms with E-state index in [0.717, 1.165) is 42.5 Å². The van der Waals surface area contributed by atoms with Gasteiger partial charge in [0.2, 0.25) is 5.95 Å². The van der Waals surface area contributed by atoms with Crippen LogP contribution in [-0.2, 0) is 11.8 Å². The maximum atomic E-state index is 12.6. The molecular weight excluding hydrogens is 454 g/mol. The van der Waals surface area contributed by atoms with Gasteiger partial charge in [0.15, 0.2) is 17.4 Å². The normalized spacial score (nSPS) is 16.4. The van der Waals surface area contributed by atoms with Gasteiger partial charge in [0.1, 0.15) is 11.6 Å². The van der Waals surface area contributed by atoms with Crippen LogP contribution in [-0.4, -0.2) is 40.0 Å². The quantitative estimate of drug-likeness (QED) is 0.520. The number of aryl methyl sites for hydroxylation is 1. The number of nitrogens with one attached hydrogen (secondary N) is 1. The fourth-order valence-electron chi connectivity index (χ4n) is 4.09. The first-order valence-electron chi connectivity index (χ1n) is 11.7. The van der Waals surface area contributed by atoms with E-state index in [1.54, 1.807) is 26.2 Å². The largest absolute Gasteiger partial charge is 0.480 e. The van der Waals surface area contributed by atoms with Crippen LogP contribution in [0, 0.1) is 5.92 Å². The maximum Gasteiger partial charge on any atom is 0.293 e. The molecule has 0 aliphatic carbocycles. The Morgan fingerprint density at radius 3 is 2.88 bits per heavy atom. The molecule has 3 heterocycles. The third kappa shape index (κ3) is 5.33. The molecule has 1 fully saturated rings. The van der Waals surface area contributed by atoms with Gasteiger partial charge in [-0.15, -0.1) is 0 Å². The van der Waals surface area contributed by atoms with Crippen LogP contribution in [0.3, 0.4) is 0 Å². The molecule has 0 amide bonds. The van der Waals surface area contributed by atoms with E-state index in [-0.39, 0.29) is 23.7 Å². The predicted octanol–water partition coefficient (Wildman–Crippen LogP) is 4.71. The average Bonchev–Trinajstić information content (AvgIpc) is 3.06. The van der Waals surface area contributed by atoms with Crippen LogP contribution < -0.4 is 20.5 Å². The second-order valence-corrected chi connectivity index (χ2v) is 9.25. The van der Waals surface area contributed by atoms with Crippen LogP contribution in [0.25, 0.3) is 10.9 Å². The number of aromatic nitrogens is 3. The number of carbonyl (C=O) groups is 1. The molecule has 0 unspecified atom stereocenters. The fraction of sp³-hybridized carbons (Fsp3) is 0.440. The highest BCUT2D eigenvalue weighted by Crippen LogP contribution is 2.28. The number of ketones is 1. The van der Waals surface area contributed by atoms with Crippen molar-refractivity contribution in [3.05, 3.63) is 45.8 Å². The molecule has 34 heavy (non-hydrogen) atoms. The predicted molar refractivity (Wildman–Crippen MR) is 136 cm³/mol. The molecule has 4 rings (SSSR count). The van der Waals surface area contributed by atoms with Gasteiger partial charge >= 0.3 is 0 Å². The Balaban J connectivity index is 1.61. The van der Waals surface area contributed by atoms with Crippen LogP contribution in [0.1, 0.15) is 39.5 Å². The molecule has 3 aromatic rings. The van der Waals surface area contributed by atoms with Crippen molar-refractivity contribution in [2.75, 3.05) is 29.9 Å². The van der Waals surface area contributed by atoms with Gasteiger partial charge in [-0.3, -0.25) is 9.59 Å². The van der Waals surface area contributed by atoms with E-state index in [2.05, 4.69) is 22.1 Å². The Morgan fingerprint density at radius 1 is 1.26 bits per heavy atom. The minimum atomic E-state index is -0.285. The Bertz CT molecular complexity index is 1260. The van der Waals surface area contributed by atoms with Crippen molar-refractivity contribution in [2.24, 2.45) is 13.0 Å². The first-order chi connectivity index (χ1) is 16.4. The summed E-state index contributed by atoms with van der Waals surface area (Å²) in [5, 5.41) is 4.50. The van der Waals surface area contributed by atoms with Crippen molar-refractivity contribution >= 4 is 45.7 Å². The number of Topliss-reactive ketones (excluding diaryl/α,β-unsaturated/α-hetero) is 1. The van der Waals surface area contributed by atoms with E-state index in [9.17, 15) is 9.59 Å². The van der Waals surface area contributed by atoms with E-state index in [4.69, 9.17) is 21.3 Å². The summed E-state index contributed by atoms with van der Waals surface area (Å²) in [7, 11) is 1.68. The fourth-order valence-corrected chi connectivity index (χ4v) is 4.23. The number of pyridine rings is 1. The molecule has 1 N–H and O–H groups in total. The Hall–Kier alpha value is -3.13. The SMILES string of the molecule is CCC(=O)COc1cc2cc(Nc3nc(N4CCC[C@H](C)CC4)ncc3Cl)ccc2n(C)c1=O. The number of rotatable bonds is 7. The van der Waals surface area contributed by atoms with Crippen molar-refractivity contribution in [1.82, 2.24) is 14.5 Å². The lowest BCUT2D eigenvalue weighted by molar-refractivity contribution is -0.120. The van der Waals surface area contributed by atoms with Crippen LogP contribution in [0.4, 0.5) is 17.5 Å². The van der Waals surface area contributed by atoms with E-state index < -0.39 is 0 Å². The van der Waals surface area contributed by atoms with Gasteiger partial charge in [-0.1, -0.05) is 25.4 Å². The molecule has 0 radical (unpaired) electrons. The van der Waals surface area contributed by atoms with E-state index in [1.807, 2.05) is 18.2 Å². The van der Waals surface area contributed by atoms with E-state index in [1.165, 1.54) is 11.0 Å². The van der Waals surface area contributed by atoms with Crippen molar-refractivity contribution in [1.29, 1.82) is 0 Å². The van der Waals surface area contributed by atoms with Crippen LogP contribution in [0.2, 0.25) is 5.02 Å². The summed E-state index contributed by atoms with van der Waals surface area (Å²) in [5.41, 5.74) is 1.23. The second kappa shape index (κ2) is 10.4. The molecule has 1 saturated heterocycles. The molecule has 180 valence electrons. The summed E-state index contributed by atoms with van der Waals surface area (Å²) in [6.07, 6.45) is 5.44. The zero-order chi connectivity index (χ0) is 24.2. The number of anilines is 3. The lowest BCUT2D eigenvalue weighted by Crippen LogP contribution is -2.26. The molecule has 1 atom stereocenters. The Kier molecular flexibility index (Phi) is 7.36. The average molecular weight is 484 g/mol. The second-order valence-electron chi connectivity index (χ2n) is 8.84. The van der Waals surface area contributed by atoms with E-state index in [0.29, 0.717) is 29.1 Å². The lowest BCUT2D eigenvalue weighted by Gasteiger charge is -2.21. The number of hydrogen-bond donors (Lipinski definition) is 1. The van der Waals surface area contributed by atoms with Gasteiger partial charge in [0, 0.05) is 37.6 Å². The summed E-state index contributed by atoms with van der Waals surface area (Å²) < 4.78 is 7.02. The molecule has 1 aliphatic rings. The van der Waals surface area contributed by atoms with Crippen molar-refractivity contribution < 1.29 is 9.53 Å². The van der Waals surface area contributed by atoms with Crippen LogP contribution in [0.5, 0.6) is 5.75 Å². The smallest absolute Gasteiger partial charge is 0.293 e. The number of carbonyl (C=O) groups excluding carboxylic acids is 1. The first kappa shape index (κ1) is 24.0. The first-order valence-corrected chi connectivity index (χ1v) is 12.1. The molecule has 0 spiro atoms. The Morgan fingerprint density at radius 2 is 2.09 bits per heavy atom. The maximum absolute atomic E-state index is 12.6. The molecule has 0 bridgehead atoms. The van der Waals surface area contributed by atoms with Gasteiger partial charge in [-0.25, -0.2) is 4.98 Å². The number of fused-ring (bicyclic) bond motifs is 1. The Labute approximate surface area is 203 Å². The van der Waals surface area contributed by atoms with Crippen LogP contribution >= 0.6 is 11.6 Å². The van der Waals surface area contributed by atoms with E-state index >= 15 is 0 Å². The summed E-state index contributed by atoms with van der Waals surface area (Å²) in [5.74, 6) is 1.98. The highest BCUT2D eigenvalue weighted by atomic mass is 35.5. The lowest BCUT2D eigenvalue weighted by atomic mass is 10.0. The number of benzene rings is 1. The third-order valence-corrected chi connectivity index (χ3v) is 6.54. The summed E-state index contributed by atoms with van der Waals surface area (Å²) in [4.78, 5) is 35.6. The zero-order valence-electron chi connectivity index (χ0n) is 19.8. The summed E-state index contributed by atoms with van der Waals surface area (Å²) in [6, 6.07) is 7.28.